The third-order valence-corrected chi connectivity index (χ3v) is 4.95. The summed E-state index contributed by atoms with van der Waals surface area (Å²) in [6, 6.07) is 8.93. The predicted octanol–water partition coefficient (Wildman–Crippen LogP) is 4.56. The average Bonchev–Trinajstić information content (AvgIpc) is 2.96. The highest BCUT2D eigenvalue weighted by Gasteiger charge is 2.22. The molecule has 1 heterocycles. The number of thiophene rings is 1. The Hall–Kier alpha value is -0.880. The Morgan fingerprint density at radius 1 is 1.48 bits per heavy atom. The molecule has 0 aliphatic rings. The van der Waals surface area contributed by atoms with Crippen LogP contribution in [0.2, 0.25) is 5.02 Å². The normalized spacial score (nSPS) is 12.1. The molecular weight excluding hydrogens is 374 g/mol. The van der Waals surface area contributed by atoms with Gasteiger partial charge in [0.25, 0.3) is 0 Å². The maximum atomic E-state index is 12.2. The average molecular weight is 389 g/mol. The van der Waals surface area contributed by atoms with E-state index in [-0.39, 0.29) is 5.97 Å². The number of carbonyl (C=O) groups excluding carboxylic acids is 1. The molecule has 1 aromatic carbocycles. The van der Waals surface area contributed by atoms with Crippen molar-refractivity contribution in [2.75, 3.05) is 6.61 Å². The number of ether oxygens (including phenoxy) is 1. The maximum Gasteiger partial charge on any atom is 0.327 e. The first-order chi connectivity index (χ1) is 10.1. The van der Waals surface area contributed by atoms with Crippen molar-refractivity contribution in [3.63, 3.8) is 0 Å². The Labute approximate surface area is 141 Å². The second-order valence-electron chi connectivity index (χ2n) is 4.32. The van der Waals surface area contributed by atoms with E-state index in [1.54, 1.807) is 24.3 Å². The zero-order valence-corrected chi connectivity index (χ0v) is 14.6. The van der Waals surface area contributed by atoms with Crippen molar-refractivity contribution in [2.24, 2.45) is 0 Å². The summed E-state index contributed by atoms with van der Waals surface area (Å²) in [5, 5.41) is 5.86. The third kappa shape index (κ3) is 4.54. The van der Waals surface area contributed by atoms with Crippen molar-refractivity contribution in [3.8, 4) is 0 Å². The zero-order valence-electron chi connectivity index (χ0n) is 11.4. The molecule has 1 aromatic heterocycles. The minimum absolute atomic E-state index is 0.289. The summed E-state index contributed by atoms with van der Waals surface area (Å²) in [5.41, 5.74) is 0.821. The molecule has 0 spiro atoms. The predicted molar refractivity (Wildman–Crippen MR) is 89.7 cm³/mol. The van der Waals surface area contributed by atoms with Gasteiger partial charge >= 0.3 is 5.97 Å². The highest BCUT2D eigenvalue weighted by atomic mass is 79.9. The molecular formula is C15H15BrClNO2S. The molecule has 6 heteroatoms. The summed E-state index contributed by atoms with van der Waals surface area (Å²) >= 11 is 11.0. The van der Waals surface area contributed by atoms with Crippen LogP contribution in [0.3, 0.4) is 0 Å². The van der Waals surface area contributed by atoms with Crippen LogP contribution in [-0.2, 0) is 16.1 Å². The Kier molecular flexibility index (Phi) is 6.23. The molecule has 21 heavy (non-hydrogen) atoms. The van der Waals surface area contributed by atoms with Gasteiger partial charge in [0.2, 0.25) is 0 Å². The molecule has 0 aliphatic carbocycles. The SMILES string of the molecule is CCOC(=O)C(NCc1cccs1)c1ccc(Cl)c(Br)c1. The lowest BCUT2D eigenvalue weighted by Gasteiger charge is -2.18. The Morgan fingerprint density at radius 3 is 2.90 bits per heavy atom. The Bertz CT molecular complexity index is 604. The van der Waals surface area contributed by atoms with Crippen molar-refractivity contribution in [1.29, 1.82) is 0 Å². The molecule has 1 unspecified atom stereocenters. The summed E-state index contributed by atoms with van der Waals surface area (Å²) in [7, 11) is 0. The smallest absolute Gasteiger partial charge is 0.327 e. The molecule has 112 valence electrons. The van der Waals surface area contributed by atoms with E-state index in [0.29, 0.717) is 18.2 Å². The van der Waals surface area contributed by atoms with Gasteiger partial charge in [0.15, 0.2) is 0 Å². The first-order valence-electron chi connectivity index (χ1n) is 6.49. The summed E-state index contributed by atoms with van der Waals surface area (Å²) in [6.07, 6.45) is 0. The van der Waals surface area contributed by atoms with Gasteiger partial charge in [-0.3, -0.25) is 5.32 Å². The first kappa shape index (κ1) is 16.5. The lowest BCUT2D eigenvalue weighted by Crippen LogP contribution is -2.29. The molecule has 0 aliphatic heterocycles. The fourth-order valence-corrected chi connectivity index (χ4v) is 3.04. The standard InChI is InChI=1S/C15H15BrClNO2S/c1-2-20-15(19)14(18-9-11-4-3-7-21-11)10-5-6-13(17)12(16)8-10/h3-8,14,18H,2,9H2,1H3. The number of hydrogen-bond acceptors (Lipinski definition) is 4. The quantitative estimate of drug-likeness (QED) is 0.737. The Balaban J connectivity index is 2.18. The van der Waals surface area contributed by atoms with E-state index in [4.69, 9.17) is 16.3 Å². The molecule has 3 nitrogen and oxygen atoms in total. The van der Waals surface area contributed by atoms with Crippen LogP contribution in [-0.4, -0.2) is 12.6 Å². The van der Waals surface area contributed by atoms with Gasteiger partial charge in [-0.1, -0.05) is 23.7 Å². The number of benzene rings is 1. The molecule has 1 atom stereocenters. The minimum Gasteiger partial charge on any atom is -0.465 e. The number of rotatable bonds is 6. The molecule has 2 rings (SSSR count). The lowest BCUT2D eigenvalue weighted by atomic mass is 10.1. The van der Waals surface area contributed by atoms with Gasteiger partial charge in [0, 0.05) is 15.9 Å². The number of hydrogen-bond donors (Lipinski definition) is 1. The Morgan fingerprint density at radius 2 is 2.29 bits per heavy atom. The van der Waals surface area contributed by atoms with Crippen LogP contribution in [0.1, 0.15) is 23.4 Å². The fourth-order valence-electron chi connectivity index (χ4n) is 1.87. The van der Waals surface area contributed by atoms with Gasteiger partial charge in [0.1, 0.15) is 6.04 Å². The largest absolute Gasteiger partial charge is 0.465 e. The van der Waals surface area contributed by atoms with Gasteiger partial charge in [-0.15, -0.1) is 11.3 Å². The lowest BCUT2D eigenvalue weighted by molar-refractivity contribution is -0.145. The van der Waals surface area contributed by atoms with Crippen LogP contribution >= 0.6 is 38.9 Å². The van der Waals surface area contributed by atoms with Crippen molar-refractivity contribution in [3.05, 3.63) is 55.6 Å². The van der Waals surface area contributed by atoms with Gasteiger partial charge < -0.3 is 4.74 Å². The van der Waals surface area contributed by atoms with Gasteiger partial charge in [-0.2, -0.15) is 0 Å². The molecule has 0 saturated heterocycles. The van der Waals surface area contributed by atoms with E-state index >= 15 is 0 Å². The van der Waals surface area contributed by atoms with Crippen molar-refractivity contribution in [2.45, 2.75) is 19.5 Å². The summed E-state index contributed by atoms with van der Waals surface area (Å²) in [5.74, 6) is -0.289. The highest BCUT2D eigenvalue weighted by molar-refractivity contribution is 9.10. The van der Waals surface area contributed by atoms with E-state index < -0.39 is 6.04 Å². The number of halogens is 2. The monoisotopic (exact) mass is 387 g/mol. The number of carbonyl (C=O) groups is 1. The number of nitrogens with one attached hydrogen (secondary N) is 1. The van der Waals surface area contributed by atoms with Crippen LogP contribution in [0.15, 0.2) is 40.2 Å². The molecule has 0 bridgehead atoms. The molecule has 0 amide bonds. The molecule has 2 aromatic rings. The van der Waals surface area contributed by atoms with Gasteiger partial charge in [-0.25, -0.2) is 4.79 Å². The second-order valence-corrected chi connectivity index (χ2v) is 6.61. The van der Waals surface area contributed by atoms with Gasteiger partial charge in [-0.05, 0) is 52.0 Å². The second kappa shape index (κ2) is 7.94. The van der Waals surface area contributed by atoms with E-state index in [2.05, 4.69) is 21.2 Å². The molecule has 0 radical (unpaired) electrons. The van der Waals surface area contributed by atoms with Crippen LogP contribution in [0.25, 0.3) is 0 Å². The minimum atomic E-state index is -0.513. The van der Waals surface area contributed by atoms with Gasteiger partial charge in [0.05, 0.1) is 11.6 Å². The van der Waals surface area contributed by atoms with Crippen molar-refractivity contribution in [1.82, 2.24) is 5.32 Å². The van der Waals surface area contributed by atoms with Crippen LogP contribution in [0, 0.1) is 0 Å². The molecule has 1 N–H and O–H groups in total. The highest BCUT2D eigenvalue weighted by Crippen LogP contribution is 2.27. The van der Waals surface area contributed by atoms with Crippen molar-refractivity contribution < 1.29 is 9.53 Å². The van der Waals surface area contributed by atoms with E-state index in [0.717, 1.165) is 14.9 Å². The topological polar surface area (TPSA) is 38.3 Å². The van der Waals surface area contributed by atoms with E-state index in [9.17, 15) is 4.79 Å². The van der Waals surface area contributed by atoms with Crippen molar-refractivity contribution >= 4 is 44.8 Å². The first-order valence-corrected chi connectivity index (χ1v) is 8.54. The summed E-state index contributed by atoms with van der Waals surface area (Å²) in [6.45, 7) is 2.76. The van der Waals surface area contributed by atoms with E-state index in [1.165, 1.54) is 0 Å². The summed E-state index contributed by atoms with van der Waals surface area (Å²) < 4.78 is 5.91. The fraction of sp³-hybridized carbons (Fsp3) is 0.267. The van der Waals surface area contributed by atoms with E-state index in [1.807, 2.05) is 29.6 Å². The maximum absolute atomic E-state index is 12.2. The van der Waals surface area contributed by atoms with Crippen LogP contribution < -0.4 is 5.32 Å². The van der Waals surface area contributed by atoms with Crippen LogP contribution in [0.5, 0.6) is 0 Å². The third-order valence-electron chi connectivity index (χ3n) is 2.86. The molecule has 0 fully saturated rings. The molecule has 0 saturated carbocycles. The number of esters is 1. The summed E-state index contributed by atoms with van der Waals surface area (Å²) in [4.78, 5) is 13.3. The zero-order chi connectivity index (χ0) is 15.2. The van der Waals surface area contributed by atoms with Crippen LogP contribution in [0.4, 0.5) is 0 Å².